The minimum Gasteiger partial charge on any atom is -0.481 e. The molecule has 0 bridgehead atoms. The number of hydrogen-bond acceptors (Lipinski definition) is 4. The summed E-state index contributed by atoms with van der Waals surface area (Å²) in [5.74, 6) is 0.226. The Hall–Kier alpha value is -3.41. The quantitative estimate of drug-likeness (QED) is 0.646. The van der Waals surface area contributed by atoms with Crippen LogP contribution in [0.15, 0.2) is 71.3 Å². The molecule has 1 atom stereocenters. The van der Waals surface area contributed by atoms with E-state index in [1.807, 2.05) is 0 Å². The molecule has 1 aromatic heterocycles. The van der Waals surface area contributed by atoms with Crippen LogP contribution in [0.1, 0.15) is 28.6 Å². The third-order valence-electron chi connectivity index (χ3n) is 3.92. The topological polar surface area (TPSA) is 68.5 Å². The van der Waals surface area contributed by atoms with Crippen LogP contribution in [0.2, 0.25) is 0 Å². The smallest absolute Gasteiger partial charge is 0.261 e. The molecule has 0 aliphatic rings. The predicted octanol–water partition coefficient (Wildman–Crippen LogP) is 3.73. The van der Waals surface area contributed by atoms with Crippen molar-refractivity contribution in [2.24, 2.45) is 0 Å². The number of carbonyl (C=O) groups excluding carboxylic acids is 2. The molecule has 0 fully saturated rings. The number of nitrogens with one attached hydrogen (secondary N) is 1. The molecule has 0 spiro atoms. The van der Waals surface area contributed by atoms with E-state index in [0.29, 0.717) is 22.6 Å². The van der Waals surface area contributed by atoms with Gasteiger partial charge in [0.1, 0.15) is 17.3 Å². The average molecular weight is 367 g/mol. The van der Waals surface area contributed by atoms with Gasteiger partial charge in [0, 0.05) is 11.1 Å². The van der Waals surface area contributed by atoms with Crippen molar-refractivity contribution in [2.75, 3.05) is 0 Å². The molecule has 1 heterocycles. The third kappa shape index (κ3) is 4.82. The molecule has 0 aliphatic heterocycles. The van der Waals surface area contributed by atoms with Gasteiger partial charge >= 0.3 is 0 Å². The van der Waals surface area contributed by atoms with E-state index in [4.69, 9.17) is 9.15 Å². The normalized spacial score (nSPS) is 11.6. The lowest BCUT2D eigenvalue weighted by molar-refractivity contribution is -0.127. The van der Waals surface area contributed by atoms with E-state index in [1.54, 1.807) is 43.3 Å². The van der Waals surface area contributed by atoms with E-state index < -0.39 is 11.9 Å². The van der Waals surface area contributed by atoms with Gasteiger partial charge in [-0.3, -0.25) is 9.59 Å². The first-order valence-corrected chi connectivity index (χ1v) is 8.40. The first-order chi connectivity index (χ1) is 13.0. The van der Waals surface area contributed by atoms with Gasteiger partial charge in [-0.15, -0.1) is 0 Å². The highest BCUT2D eigenvalue weighted by molar-refractivity contribution is 6.09. The predicted molar refractivity (Wildman–Crippen MR) is 96.9 cm³/mol. The standard InChI is InChI=1S/C21H18FNO4/c1-14(21(25)23-13-19-3-2-12-26-19)27-18-10-6-16(7-11-18)20(24)15-4-8-17(22)9-5-15/h2-12,14H,13H2,1H3,(H,23,25)/t14-/m1/s1. The number of benzene rings is 2. The van der Waals surface area contributed by atoms with Gasteiger partial charge in [-0.1, -0.05) is 0 Å². The van der Waals surface area contributed by atoms with Crippen molar-refractivity contribution in [1.82, 2.24) is 5.32 Å². The van der Waals surface area contributed by atoms with Crippen molar-refractivity contribution in [3.05, 3.63) is 89.6 Å². The van der Waals surface area contributed by atoms with Crippen LogP contribution in [0.3, 0.4) is 0 Å². The molecular weight excluding hydrogens is 349 g/mol. The van der Waals surface area contributed by atoms with Crippen molar-refractivity contribution in [1.29, 1.82) is 0 Å². The van der Waals surface area contributed by atoms with E-state index in [-0.39, 0.29) is 18.2 Å². The molecule has 5 nitrogen and oxygen atoms in total. The third-order valence-corrected chi connectivity index (χ3v) is 3.92. The Kier molecular flexibility index (Phi) is 5.66. The largest absolute Gasteiger partial charge is 0.481 e. The number of hydrogen-bond donors (Lipinski definition) is 1. The molecule has 138 valence electrons. The zero-order valence-electron chi connectivity index (χ0n) is 14.6. The van der Waals surface area contributed by atoms with E-state index in [1.165, 1.54) is 30.5 Å². The van der Waals surface area contributed by atoms with Crippen LogP contribution < -0.4 is 10.1 Å². The fourth-order valence-corrected chi connectivity index (χ4v) is 2.44. The van der Waals surface area contributed by atoms with Crippen molar-refractivity contribution < 1.29 is 23.1 Å². The number of furan rings is 1. The second kappa shape index (κ2) is 8.31. The molecule has 0 saturated heterocycles. The number of carbonyl (C=O) groups is 2. The average Bonchev–Trinajstić information content (AvgIpc) is 3.20. The van der Waals surface area contributed by atoms with Gasteiger partial charge in [-0.05, 0) is 67.6 Å². The Labute approximate surface area is 155 Å². The maximum Gasteiger partial charge on any atom is 0.261 e. The summed E-state index contributed by atoms with van der Waals surface area (Å²) < 4.78 is 23.7. The van der Waals surface area contributed by atoms with E-state index in [2.05, 4.69) is 5.32 Å². The van der Waals surface area contributed by atoms with Crippen molar-refractivity contribution in [2.45, 2.75) is 19.6 Å². The zero-order valence-corrected chi connectivity index (χ0v) is 14.6. The molecule has 0 aliphatic carbocycles. The lowest BCUT2D eigenvalue weighted by atomic mass is 10.0. The summed E-state index contributed by atoms with van der Waals surface area (Å²) >= 11 is 0. The van der Waals surface area contributed by atoms with E-state index >= 15 is 0 Å². The minimum absolute atomic E-state index is 0.217. The van der Waals surface area contributed by atoms with Gasteiger partial charge in [0.25, 0.3) is 5.91 Å². The molecule has 1 amide bonds. The zero-order chi connectivity index (χ0) is 19.2. The van der Waals surface area contributed by atoms with Gasteiger partial charge in [-0.25, -0.2) is 4.39 Å². The molecule has 2 aromatic carbocycles. The van der Waals surface area contributed by atoms with Crippen LogP contribution >= 0.6 is 0 Å². The summed E-state index contributed by atoms with van der Waals surface area (Å²) in [7, 11) is 0. The van der Waals surface area contributed by atoms with Crippen LogP contribution in [0, 0.1) is 5.82 Å². The van der Waals surface area contributed by atoms with Gasteiger partial charge in [0.15, 0.2) is 11.9 Å². The molecule has 0 radical (unpaired) electrons. The highest BCUT2D eigenvalue weighted by Crippen LogP contribution is 2.17. The first-order valence-electron chi connectivity index (χ1n) is 8.40. The van der Waals surface area contributed by atoms with Crippen LogP contribution in [-0.4, -0.2) is 17.8 Å². The lowest BCUT2D eigenvalue weighted by Gasteiger charge is -2.14. The van der Waals surface area contributed by atoms with Gasteiger partial charge in [0.2, 0.25) is 0 Å². The number of amides is 1. The molecule has 0 unspecified atom stereocenters. The van der Waals surface area contributed by atoms with Crippen LogP contribution in [0.4, 0.5) is 4.39 Å². The van der Waals surface area contributed by atoms with E-state index in [9.17, 15) is 14.0 Å². The first kappa shape index (κ1) is 18.4. The summed E-state index contributed by atoms with van der Waals surface area (Å²) in [4.78, 5) is 24.4. The Morgan fingerprint density at radius 3 is 2.26 bits per heavy atom. The minimum atomic E-state index is -0.710. The summed E-state index contributed by atoms with van der Waals surface area (Å²) in [6.07, 6.45) is 0.828. The Morgan fingerprint density at radius 1 is 1.04 bits per heavy atom. The summed E-state index contributed by atoms with van der Waals surface area (Å²) in [5, 5.41) is 2.72. The van der Waals surface area contributed by atoms with Crippen molar-refractivity contribution in [3.63, 3.8) is 0 Å². The van der Waals surface area contributed by atoms with Gasteiger partial charge in [0.05, 0.1) is 12.8 Å². The lowest BCUT2D eigenvalue weighted by Crippen LogP contribution is -2.35. The molecule has 6 heteroatoms. The highest BCUT2D eigenvalue weighted by Gasteiger charge is 2.15. The summed E-state index contributed by atoms with van der Waals surface area (Å²) in [5.41, 5.74) is 0.847. The number of halogens is 1. The highest BCUT2D eigenvalue weighted by atomic mass is 19.1. The molecule has 3 rings (SSSR count). The maximum absolute atomic E-state index is 13.0. The van der Waals surface area contributed by atoms with Crippen molar-refractivity contribution >= 4 is 11.7 Å². The van der Waals surface area contributed by atoms with Gasteiger partial charge < -0.3 is 14.5 Å². The van der Waals surface area contributed by atoms with Crippen molar-refractivity contribution in [3.8, 4) is 5.75 Å². The summed E-state index contributed by atoms with van der Waals surface area (Å²) in [6, 6.07) is 15.3. The van der Waals surface area contributed by atoms with E-state index in [0.717, 1.165) is 0 Å². The number of ketones is 1. The van der Waals surface area contributed by atoms with Crippen LogP contribution in [0.5, 0.6) is 5.75 Å². The summed E-state index contributed by atoms with van der Waals surface area (Å²) in [6.45, 7) is 1.92. The number of ether oxygens (including phenoxy) is 1. The SMILES string of the molecule is C[C@@H](Oc1ccc(C(=O)c2ccc(F)cc2)cc1)C(=O)NCc1ccco1. The molecule has 27 heavy (non-hydrogen) atoms. The molecule has 1 N–H and O–H groups in total. The Morgan fingerprint density at radius 2 is 1.67 bits per heavy atom. The Balaban J connectivity index is 1.57. The second-order valence-corrected chi connectivity index (χ2v) is 5.92. The monoisotopic (exact) mass is 367 g/mol. The maximum atomic E-state index is 13.0. The van der Waals surface area contributed by atoms with Crippen LogP contribution in [-0.2, 0) is 11.3 Å². The molecule has 0 saturated carbocycles. The Bertz CT molecular complexity index is 902. The van der Waals surface area contributed by atoms with Crippen LogP contribution in [0.25, 0.3) is 0 Å². The fourth-order valence-electron chi connectivity index (χ4n) is 2.44. The molecular formula is C21H18FNO4. The second-order valence-electron chi connectivity index (χ2n) is 5.92. The fraction of sp³-hybridized carbons (Fsp3) is 0.143. The number of rotatable bonds is 7. The molecule has 3 aromatic rings. The van der Waals surface area contributed by atoms with Gasteiger partial charge in [-0.2, -0.15) is 0 Å².